The van der Waals surface area contributed by atoms with Gasteiger partial charge in [0.15, 0.2) is 4.67 Å². The van der Waals surface area contributed by atoms with Gasteiger partial charge in [-0.15, -0.1) is 0 Å². The highest BCUT2D eigenvalue weighted by Gasteiger charge is 2.16. The van der Waals surface area contributed by atoms with E-state index in [1.807, 2.05) is 0 Å². The lowest BCUT2D eigenvalue weighted by atomic mass is 10.3. The third kappa shape index (κ3) is 4.28. The number of hydrogen-bond donors (Lipinski definition) is 2. The van der Waals surface area contributed by atoms with Gasteiger partial charge in [0.25, 0.3) is 0 Å². The quantitative estimate of drug-likeness (QED) is 0.746. The van der Waals surface area contributed by atoms with Crippen LogP contribution in [0.25, 0.3) is 0 Å². The molecule has 0 spiro atoms. The molecule has 1 unspecified atom stereocenters. The summed E-state index contributed by atoms with van der Waals surface area (Å²) in [7, 11) is 0. The fourth-order valence-electron chi connectivity index (χ4n) is 0.980. The Morgan fingerprint density at radius 2 is 2.44 bits per heavy atom. The maximum Gasteiger partial charge on any atom is 0.327 e. The molecular formula is C9H10BrNO4S. The molecule has 0 aliphatic heterocycles. The van der Waals surface area contributed by atoms with Gasteiger partial charge >= 0.3 is 5.97 Å². The van der Waals surface area contributed by atoms with Gasteiger partial charge < -0.3 is 14.8 Å². The van der Waals surface area contributed by atoms with Crippen molar-refractivity contribution in [2.24, 2.45) is 0 Å². The largest absolute Gasteiger partial charge is 0.480 e. The number of aliphatic carboxylic acids is 1. The number of carboxylic acids is 1. The minimum atomic E-state index is -1.04. The Bertz CT molecular complexity index is 368. The first-order valence-corrected chi connectivity index (χ1v) is 6.32. The average Bonchev–Trinajstić information content (AvgIpc) is 2.63. The van der Waals surface area contributed by atoms with E-state index < -0.39 is 12.0 Å². The van der Waals surface area contributed by atoms with Crippen molar-refractivity contribution < 1.29 is 19.1 Å². The Balaban J connectivity index is 2.33. The topological polar surface area (TPSA) is 79.5 Å². The lowest BCUT2D eigenvalue weighted by Crippen LogP contribution is -2.37. The molecule has 0 bridgehead atoms. The van der Waals surface area contributed by atoms with Crippen molar-refractivity contribution in [2.75, 3.05) is 5.75 Å². The molecule has 0 saturated carbocycles. The van der Waals surface area contributed by atoms with E-state index >= 15 is 0 Å². The lowest BCUT2D eigenvalue weighted by molar-refractivity contribution is -0.139. The summed E-state index contributed by atoms with van der Waals surface area (Å²) >= 11 is 4.55. The number of amides is 1. The number of hydrogen-bond acceptors (Lipinski definition) is 4. The summed E-state index contributed by atoms with van der Waals surface area (Å²) in [5, 5.41) is 11.0. The van der Waals surface area contributed by atoms with Gasteiger partial charge in [0.2, 0.25) is 6.41 Å². The standard InChI is InChI=1S/C9H10BrNO4S/c10-8-2-1-6(15-8)3-16-4-7(9(13)14)11-5-12/h1-2,5,7H,3-4H2,(H,11,12)(H,13,14). The summed E-state index contributed by atoms with van der Waals surface area (Å²) in [4.78, 5) is 20.8. The monoisotopic (exact) mass is 307 g/mol. The Morgan fingerprint density at radius 1 is 1.69 bits per heavy atom. The summed E-state index contributed by atoms with van der Waals surface area (Å²) in [6.07, 6.45) is 0.392. The number of carboxylic acid groups (broad SMARTS) is 1. The Hall–Kier alpha value is -0.950. The van der Waals surface area contributed by atoms with Crippen molar-refractivity contribution in [3.63, 3.8) is 0 Å². The number of carbonyl (C=O) groups is 2. The summed E-state index contributed by atoms with van der Waals surface area (Å²) in [6, 6.07) is 2.72. The van der Waals surface area contributed by atoms with E-state index in [4.69, 9.17) is 9.52 Å². The van der Waals surface area contributed by atoms with Crippen LogP contribution in [0.1, 0.15) is 5.76 Å². The van der Waals surface area contributed by atoms with Crippen molar-refractivity contribution in [3.8, 4) is 0 Å². The molecule has 1 amide bonds. The van der Waals surface area contributed by atoms with Gasteiger partial charge in [0.1, 0.15) is 11.8 Å². The third-order valence-electron chi connectivity index (χ3n) is 1.73. The van der Waals surface area contributed by atoms with Crippen molar-refractivity contribution in [3.05, 3.63) is 22.6 Å². The number of halogens is 1. The molecule has 0 saturated heterocycles. The first-order chi connectivity index (χ1) is 7.63. The van der Waals surface area contributed by atoms with Crippen LogP contribution in [0.5, 0.6) is 0 Å². The van der Waals surface area contributed by atoms with Crippen LogP contribution in [0.2, 0.25) is 0 Å². The van der Waals surface area contributed by atoms with Crippen LogP contribution in [0.3, 0.4) is 0 Å². The molecule has 5 nitrogen and oxygen atoms in total. The van der Waals surface area contributed by atoms with E-state index in [0.717, 1.165) is 5.76 Å². The summed E-state index contributed by atoms with van der Waals surface area (Å²) in [6.45, 7) is 0. The first-order valence-electron chi connectivity index (χ1n) is 4.38. The second-order valence-corrected chi connectivity index (χ2v) is 4.71. The summed E-state index contributed by atoms with van der Waals surface area (Å²) in [5.41, 5.74) is 0. The van der Waals surface area contributed by atoms with Crippen LogP contribution in [0.15, 0.2) is 21.2 Å². The van der Waals surface area contributed by atoms with Crippen molar-refractivity contribution in [1.29, 1.82) is 0 Å². The zero-order valence-corrected chi connectivity index (χ0v) is 10.6. The highest BCUT2D eigenvalue weighted by atomic mass is 79.9. The van der Waals surface area contributed by atoms with Crippen molar-refractivity contribution in [1.82, 2.24) is 5.32 Å². The van der Waals surface area contributed by atoms with Gasteiger partial charge in [-0.1, -0.05) is 0 Å². The molecule has 2 N–H and O–H groups in total. The SMILES string of the molecule is O=CNC(CSCc1ccc(Br)o1)C(=O)O. The molecule has 0 fully saturated rings. The lowest BCUT2D eigenvalue weighted by Gasteiger charge is -2.09. The fourth-order valence-corrected chi connectivity index (χ4v) is 2.27. The Labute approximate surface area is 105 Å². The maximum atomic E-state index is 10.7. The third-order valence-corrected chi connectivity index (χ3v) is 3.21. The zero-order valence-electron chi connectivity index (χ0n) is 8.18. The van der Waals surface area contributed by atoms with Crippen LogP contribution < -0.4 is 5.32 Å². The number of carbonyl (C=O) groups excluding carboxylic acids is 1. The molecule has 1 aromatic rings. The van der Waals surface area contributed by atoms with Gasteiger partial charge in [-0.3, -0.25) is 4.79 Å². The molecule has 0 radical (unpaired) electrons. The number of nitrogens with one attached hydrogen (secondary N) is 1. The van der Waals surface area contributed by atoms with Gasteiger partial charge in [-0.25, -0.2) is 4.79 Å². The van der Waals surface area contributed by atoms with Gasteiger partial charge in [0, 0.05) is 5.75 Å². The van der Waals surface area contributed by atoms with E-state index in [1.54, 1.807) is 12.1 Å². The molecule has 1 atom stereocenters. The normalized spacial score (nSPS) is 12.1. The minimum absolute atomic E-state index is 0.298. The van der Waals surface area contributed by atoms with Gasteiger partial charge in [-0.2, -0.15) is 11.8 Å². The average molecular weight is 308 g/mol. The molecule has 1 heterocycles. The maximum absolute atomic E-state index is 10.7. The second kappa shape index (κ2) is 6.59. The second-order valence-electron chi connectivity index (χ2n) is 2.90. The van der Waals surface area contributed by atoms with Gasteiger partial charge in [0.05, 0.1) is 5.75 Å². The Kier molecular flexibility index (Phi) is 5.41. The van der Waals surface area contributed by atoms with Crippen LogP contribution in [0, 0.1) is 0 Å². The molecular weight excluding hydrogens is 298 g/mol. The molecule has 1 aromatic heterocycles. The highest BCUT2D eigenvalue weighted by molar-refractivity contribution is 9.10. The minimum Gasteiger partial charge on any atom is -0.480 e. The van der Waals surface area contributed by atoms with Crippen LogP contribution in [-0.2, 0) is 15.3 Å². The number of thioether (sulfide) groups is 1. The van der Waals surface area contributed by atoms with Crippen LogP contribution in [0.4, 0.5) is 0 Å². The van der Waals surface area contributed by atoms with Crippen LogP contribution in [-0.4, -0.2) is 29.3 Å². The van der Waals surface area contributed by atoms with Crippen molar-refractivity contribution in [2.45, 2.75) is 11.8 Å². The molecule has 0 aliphatic carbocycles. The number of furan rings is 1. The van der Waals surface area contributed by atoms with Gasteiger partial charge in [-0.05, 0) is 28.1 Å². The molecule has 88 valence electrons. The molecule has 16 heavy (non-hydrogen) atoms. The Morgan fingerprint density at radius 3 is 2.94 bits per heavy atom. The predicted octanol–water partition coefficient (Wildman–Crippen LogP) is 1.47. The smallest absolute Gasteiger partial charge is 0.327 e. The van der Waals surface area contributed by atoms with E-state index in [9.17, 15) is 9.59 Å². The fraction of sp³-hybridized carbons (Fsp3) is 0.333. The highest BCUT2D eigenvalue weighted by Crippen LogP contribution is 2.19. The van der Waals surface area contributed by atoms with Crippen molar-refractivity contribution >= 4 is 40.1 Å². The predicted molar refractivity (Wildman–Crippen MR) is 63.2 cm³/mol. The molecule has 7 heteroatoms. The first kappa shape index (κ1) is 13.1. The molecule has 0 aliphatic rings. The van der Waals surface area contributed by atoms with E-state index in [2.05, 4.69) is 21.2 Å². The molecule has 1 rings (SSSR count). The van der Waals surface area contributed by atoms with E-state index in [0.29, 0.717) is 22.6 Å². The molecule has 0 aromatic carbocycles. The zero-order chi connectivity index (χ0) is 12.0. The van der Waals surface area contributed by atoms with E-state index in [-0.39, 0.29) is 0 Å². The van der Waals surface area contributed by atoms with Crippen LogP contribution >= 0.6 is 27.7 Å². The summed E-state index contributed by atoms with van der Waals surface area (Å²) in [5.74, 6) is 0.579. The summed E-state index contributed by atoms with van der Waals surface area (Å²) < 4.78 is 5.89. The number of rotatable bonds is 7. The van der Waals surface area contributed by atoms with E-state index in [1.165, 1.54) is 11.8 Å².